The van der Waals surface area contributed by atoms with Gasteiger partial charge in [-0.1, -0.05) is 44.2 Å². The zero-order valence-corrected chi connectivity index (χ0v) is 15.6. The molecule has 0 N–H and O–H groups in total. The summed E-state index contributed by atoms with van der Waals surface area (Å²) in [6.45, 7) is 4.97. The minimum Gasteiger partial charge on any atom is -0.299 e. The molecule has 0 aromatic heterocycles. The molecule has 0 unspecified atom stereocenters. The Labute approximate surface area is 149 Å². The van der Waals surface area contributed by atoms with Crippen LogP contribution < -0.4 is 0 Å². The van der Waals surface area contributed by atoms with E-state index in [0.29, 0.717) is 37.7 Å². The first-order valence-corrected chi connectivity index (χ1v) is 10.5. The van der Waals surface area contributed by atoms with Crippen LogP contribution in [0.15, 0.2) is 35.3 Å². The summed E-state index contributed by atoms with van der Waals surface area (Å²) in [7, 11) is -3.61. The van der Waals surface area contributed by atoms with Crippen molar-refractivity contribution in [2.24, 2.45) is 21.7 Å². The van der Waals surface area contributed by atoms with E-state index in [4.69, 9.17) is 0 Å². The first-order chi connectivity index (χ1) is 11.8. The van der Waals surface area contributed by atoms with Crippen LogP contribution in [0.5, 0.6) is 0 Å². The first kappa shape index (κ1) is 16.8. The van der Waals surface area contributed by atoms with Gasteiger partial charge in [-0.15, -0.1) is 0 Å². The molecule has 2 atom stereocenters. The van der Waals surface area contributed by atoms with Gasteiger partial charge in [0.1, 0.15) is 11.6 Å². The number of hydrogen-bond acceptors (Lipinski definition) is 4. The number of sulfonamides is 1. The molecule has 3 aliphatic rings. The van der Waals surface area contributed by atoms with E-state index < -0.39 is 15.4 Å². The van der Waals surface area contributed by atoms with Crippen LogP contribution in [0, 0.1) is 16.7 Å². The second-order valence-electron chi connectivity index (χ2n) is 8.07. The van der Waals surface area contributed by atoms with Crippen molar-refractivity contribution in [2.45, 2.75) is 33.1 Å². The number of carbonyl (C=O) groups excluding carboxylic acids is 1. The molecule has 1 aromatic carbocycles. The van der Waals surface area contributed by atoms with Gasteiger partial charge in [-0.05, 0) is 24.2 Å². The van der Waals surface area contributed by atoms with Crippen molar-refractivity contribution >= 4 is 21.6 Å². The quantitative estimate of drug-likeness (QED) is 0.828. The van der Waals surface area contributed by atoms with Crippen LogP contribution in [0.25, 0.3) is 0 Å². The molecule has 1 aliphatic heterocycles. The molecule has 2 saturated carbocycles. The lowest BCUT2D eigenvalue weighted by molar-refractivity contribution is -0.128. The highest BCUT2D eigenvalue weighted by Gasteiger charge is 2.65. The molecule has 134 valence electrons. The van der Waals surface area contributed by atoms with Crippen molar-refractivity contribution in [1.29, 1.82) is 0 Å². The van der Waals surface area contributed by atoms with E-state index in [1.54, 1.807) is 0 Å². The Morgan fingerprint density at radius 2 is 1.96 bits per heavy atom. The van der Waals surface area contributed by atoms with Crippen LogP contribution >= 0.6 is 0 Å². The SMILES string of the molecule is CC1(C)[C@@H]2CC[C@@]1(CS(=O)(=O)N1CCN=C1c1ccccc1)C(=O)C2. The number of Topliss-reactive ketones (excluding diaryl/α,β-unsaturated/α-hetero) is 1. The van der Waals surface area contributed by atoms with E-state index in [1.807, 2.05) is 30.3 Å². The Hall–Kier alpha value is -1.69. The fourth-order valence-electron chi connectivity index (χ4n) is 5.02. The van der Waals surface area contributed by atoms with Gasteiger partial charge in [0, 0.05) is 12.0 Å². The molecule has 2 fully saturated rings. The van der Waals surface area contributed by atoms with Crippen LogP contribution in [-0.2, 0) is 14.8 Å². The molecule has 25 heavy (non-hydrogen) atoms. The molecule has 6 heteroatoms. The normalized spacial score (nSPS) is 30.8. The zero-order chi connectivity index (χ0) is 17.9. The monoisotopic (exact) mass is 360 g/mol. The van der Waals surface area contributed by atoms with E-state index in [2.05, 4.69) is 18.8 Å². The maximum atomic E-state index is 13.3. The lowest BCUT2D eigenvalue weighted by Gasteiger charge is -2.37. The van der Waals surface area contributed by atoms with Crippen LogP contribution in [0.1, 0.15) is 38.7 Å². The number of rotatable bonds is 4. The molecule has 1 aromatic rings. The summed E-state index contributed by atoms with van der Waals surface area (Å²) in [6.07, 6.45) is 2.17. The highest BCUT2D eigenvalue weighted by molar-refractivity contribution is 7.89. The summed E-state index contributed by atoms with van der Waals surface area (Å²) in [6, 6.07) is 9.41. The number of hydrogen-bond donors (Lipinski definition) is 0. The van der Waals surface area contributed by atoms with Crippen LogP contribution in [0.4, 0.5) is 0 Å². The number of carbonyl (C=O) groups is 1. The first-order valence-electron chi connectivity index (χ1n) is 8.91. The minimum atomic E-state index is -3.61. The molecule has 2 bridgehead atoms. The zero-order valence-electron chi connectivity index (χ0n) is 14.7. The van der Waals surface area contributed by atoms with Crippen LogP contribution in [0.3, 0.4) is 0 Å². The average molecular weight is 360 g/mol. The van der Waals surface area contributed by atoms with Gasteiger partial charge < -0.3 is 0 Å². The number of aliphatic imine (C=N–C) groups is 1. The molecule has 0 spiro atoms. The van der Waals surface area contributed by atoms with E-state index >= 15 is 0 Å². The van der Waals surface area contributed by atoms with Crippen molar-refractivity contribution in [3.05, 3.63) is 35.9 Å². The largest absolute Gasteiger partial charge is 0.299 e. The number of amidine groups is 1. The second kappa shape index (κ2) is 5.40. The third-order valence-electron chi connectivity index (χ3n) is 6.74. The maximum Gasteiger partial charge on any atom is 0.237 e. The minimum absolute atomic E-state index is 0.0891. The lowest BCUT2D eigenvalue weighted by atomic mass is 9.70. The van der Waals surface area contributed by atoms with Crippen molar-refractivity contribution < 1.29 is 13.2 Å². The fraction of sp³-hybridized carbons (Fsp3) is 0.579. The number of ketones is 1. The molecule has 5 nitrogen and oxygen atoms in total. The summed E-state index contributed by atoms with van der Waals surface area (Å²) in [4.78, 5) is 17.1. The van der Waals surface area contributed by atoms with Gasteiger partial charge in [-0.25, -0.2) is 8.42 Å². The van der Waals surface area contributed by atoms with Gasteiger partial charge in [0.2, 0.25) is 10.0 Å². The Balaban J connectivity index is 1.67. The Morgan fingerprint density at radius 1 is 1.24 bits per heavy atom. The number of benzene rings is 1. The molecule has 1 heterocycles. The van der Waals surface area contributed by atoms with Gasteiger partial charge in [-0.3, -0.25) is 14.1 Å². The predicted octanol–water partition coefficient (Wildman–Crippen LogP) is 2.47. The van der Waals surface area contributed by atoms with Crippen LogP contribution in [-0.4, -0.2) is 43.2 Å². The smallest absolute Gasteiger partial charge is 0.237 e. The molecular formula is C19H24N2O3S. The third-order valence-corrected chi connectivity index (χ3v) is 8.62. The number of nitrogens with zero attached hydrogens (tertiary/aromatic N) is 2. The molecule has 4 rings (SSSR count). The molecule has 2 aliphatic carbocycles. The molecular weight excluding hydrogens is 336 g/mol. The Bertz CT molecular complexity index is 845. The van der Waals surface area contributed by atoms with Gasteiger partial charge in [-0.2, -0.15) is 0 Å². The average Bonchev–Trinajstić information content (AvgIpc) is 3.19. The van der Waals surface area contributed by atoms with E-state index in [-0.39, 0.29) is 17.0 Å². The summed E-state index contributed by atoms with van der Waals surface area (Å²) in [5, 5.41) is 0. The Kier molecular flexibility index (Phi) is 3.62. The fourth-order valence-corrected chi connectivity index (χ4v) is 7.26. The summed E-state index contributed by atoms with van der Waals surface area (Å²) in [5.74, 6) is 0.870. The van der Waals surface area contributed by atoms with E-state index in [1.165, 1.54) is 4.31 Å². The summed E-state index contributed by atoms with van der Waals surface area (Å²) >= 11 is 0. The van der Waals surface area contributed by atoms with Crippen molar-refractivity contribution in [3.8, 4) is 0 Å². The van der Waals surface area contributed by atoms with Crippen molar-refractivity contribution in [1.82, 2.24) is 4.31 Å². The van der Waals surface area contributed by atoms with E-state index in [0.717, 1.165) is 12.0 Å². The second-order valence-corrected chi connectivity index (χ2v) is 9.96. The van der Waals surface area contributed by atoms with Gasteiger partial charge in [0.05, 0.1) is 24.3 Å². The topological polar surface area (TPSA) is 66.8 Å². The third kappa shape index (κ3) is 2.30. The maximum absolute atomic E-state index is 13.3. The summed E-state index contributed by atoms with van der Waals surface area (Å²) < 4.78 is 28.0. The van der Waals surface area contributed by atoms with Gasteiger partial charge in [0.25, 0.3) is 0 Å². The van der Waals surface area contributed by atoms with Crippen molar-refractivity contribution in [2.75, 3.05) is 18.8 Å². The van der Waals surface area contributed by atoms with Gasteiger partial charge in [0.15, 0.2) is 0 Å². The van der Waals surface area contributed by atoms with Gasteiger partial charge >= 0.3 is 0 Å². The predicted molar refractivity (Wildman–Crippen MR) is 96.9 cm³/mol. The molecule has 0 radical (unpaired) electrons. The van der Waals surface area contributed by atoms with Crippen LogP contribution in [0.2, 0.25) is 0 Å². The number of fused-ring (bicyclic) bond motifs is 2. The Morgan fingerprint density at radius 3 is 2.56 bits per heavy atom. The van der Waals surface area contributed by atoms with E-state index in [9.17, 15) is 13.2 Å². The highest BCUT2D eigenvalue weighted by Crippen LogP contribution is 2.64. The summed E-state index contributed by atoms with van der Waals surface area (Å²) in [5.41, 5.74) is -0.177. The highest BCUT2D eigenvalue weighted by atomic mass is 32.2. The van der Waals surface area contributed by atoms with Crippen molar-refractivity contribution in [3.63, 3.8) is 0 Å². The standard InChI is InChI=1S/C19H24N2O3S/c1-18(2)15-8-9-19(18,16(22)12-15)13-25(23,24)21-11-10-20-17(21)14-6-4-3-5-7-14/h3-7,15H,8-13H2,1-2H3/t15-,19-/m1/s1. The lowest BCUT2D eigenvalue weighted by Crippen LogP contribution is -2.47. The molecule has 0 saturated heterocycles. The molecule has 0 amide bonds.